The quantitative estimate of drug-likeness (QED) is 0.818. The Hall–Kier alpha value is -0.830. The summed E-state index contributed by atoms with van der Waals surface area (Å²) in [5, 5.41) is 0. The van der Waals surface area contributed by atoms with E-state index in [1.807, 2.05) is 31.2 Å². The molecule has 1 unspecified atom stereocenters. The van der Waals surface area contributed by atoms with Gasteiger partial charge < -0.3 is 4.74 Å². The van der Waals surface area contributed by atoms with Crippen LogP contribution in [0, 0.1) is 0 Å². The summed E-state index contributed by atoms with van der Waals surface area (Å²) < 4.78 is 6.53. The van der Waals surface area contributed by atoms with Gasteiger partial charge in [0.1, 0.15) is 5.75 Å². The van der Waals surface area contributed by atoms with Crippen molar-refractivity contribution >= 4 is 21.7 Å². The standard InChI is InChI=1S/C12H15BrO2/c1-3-6-11(9(2)14)15-12-8-5-4-7-10(12)13/h4-5,7-8,11H,3,6H2,1-2H3. The molecule has 0 heterocycles. The number of ether oxygens (including phenoxy) is 1. The van der Waals surface area contributed by atoms with Crippen molar-refractivity contribution in [2.75, 3.05) is 0 Å². The summed E-state index contributed by atoms with van der Waals surface area (Å²) in [6, 6.07) is 7.57. The molecule has 2 nitrogen and oxygen atoms in total. The van der Waals surface area contributed by atoms with Gasteiger partial charge in [-0.3, -0.25) is 4.79 Å². The van der Waals surface area contributed by atoms with Gasteiger partial charge in [-0.05, 0) is 41.4 Å². The van der Waals surface area contributed by atoms with Crippen molar-refractivity contribution in [1.29, 1.82) is 0 Å². The van der Waals surface area contributed by atoms with Crippen molar-refractivity contribution < 1.29 is 9.53 Å². The number of halogens is 1. The summed E-state index contributed by atoms with van der Waals surface area (Å²) in [7, 11) is 0. The normalized spacial score (nSPS) is 12.2. The van der Waals surface area contributed by atoms with E-state index >= 15 is 0 Å². The Kier molecular flexibility index (Phi) is 4.82. The molecule has 0 fully saturated rings. The van der Waals surface area contributed by atoms with Crippen molar-refractivity contribution in [1.82, 2.24) is 0 Å². The van der Waals surface area contributed by atoms with E-state index in [4.69, 9.17) is 4.74 Å². The summed E-state index contributed by atoms with van der Waals surface area (Å²) >= 11 is 3.39. The molecular weight excluding hydrogens is 256 g/mol. The molecule has 15 heavy (non-hydrogen) atoms. The van der Waals surface area contributed by atoms with Crippen LogP contribution in [0.25, 0.3) is 0 Å². The zero-order valence-electron chi connectivity index (χ0n) is 9.00. The highest BCUT2D eigenvalue weighted by Gasteiger charge is 2.15. The topological polar surface area (TPSA) is 26.3 Å². The number of hydrogen-bond acceptors (Lipinski definition) is 2. The number of Topliss-reactive ketones (excluding diaryl/α,β-unsaturated/α-hetero) is 1. The van der Waals surface area contributed by atoms with E-state index < -0.39 is 0 Å². The monoisotopic (exact) mass is 270 g/mol. The molecule has 0 N–H and O–H groups in total. The van der Waals surface area contributed by atoms with Crippen LogP contribution in [0.4, 0.5) is 0 Å². The Morgan fingerprint density at radius 1 is 1.47 bits per heavy atom. The molecule has 0 radical (unpaired) electrons. The first-order valence-corrected chi connectivity index (χ1v) is 5.86. The van der Waals surface area contributed by atoms with E-state index in [1.165, 1.54) is 0 Å². The van der Waals surface area contributed by atoms with Crippen molar-refractivity contribution in [2.24, 2.45) is 0 Å². The second-order valence-electron chi connectivity index (χ2n) is 3.44. The summed E-state index contributed by atoms with van der Waals surface area (Å²) in [4.78, 5) is 11.3. The summed E-state index contributed by atoms with van der Waals surface area (Å²) in [5.74, 6) is 0.804. The van der Waals surface area contributed by atoms with Gasteiger partial charge in [0, 0.05) is 0 Å². The summed E-state index contributed by atoms with van der Waals surface area (Å²) in [6.07, 6.45) is 1.37. The number of benzene rings is 1. The minimum absolute atomic E-state index is 0.0765. The van der Waals surface area contributed by atoms with Crippen molar-refractivity contribution in [2.45, 2.75) is 32.8 Å². The number of hydrogen-bond donors (Lipinski definition) is 0. The Labute approximate surface area is 98.8 Å². The maximum atomic E-state index is 11.3. The molecule has 0 amide bonds. The predicted molar refractivity (Wildman–Crippen MR) is 64.1 cm³/mol. The lowest BCUT2D eigenvalue weighted by Gasteiger charge is -2.16. The summed E-state index contributed by atoms with van der Waals surface area (Å²) in [5.41, 5.74) is 0. The third kappa shape index (κ3) is 3.67. The van der Waals surface area contributed by atoms with Gasteiger partial charge in [-0.1, -0.05) is 25.5 Å². The average Bonchev–Trinajstić information content (AvgIpc) is 2.20. The molecule has 82 valence electrons. The van der Waals surface area contributed by atoms with Crippen molar-refractivity contribution in [3.8, 4) is 5.75 Å². The highest BCUT2D eigenvalue weighted by molar-refractivity contribution is 9.10. The Morgan fingerprint density at radius 3 is 2.67 bits per heavy atom. The third-order valence-corrected chi connectivity index (χ3v) is 2.77. The smallest absolute Gasteiger partial charge is 0.170 e. The molecule has 0 aliphatic rings. The van der Waals surface area contributed by atoms with E-state index in [9.17, 15) is 4.79 Å². The van der Waals surface area contributed by atoms with Crippen LogP contribution in [0.2, 0.25) is 0 Å². The molecule has 1 atom stereocenters. The molecular formula is C12H15BrO2. The van der Waals surface area contributed by atoms with E-state index in [0.29, 0.717) is 0 Å². The second-order valence-corrected chi connectivity index (χ2v) is 4.29. The van der Waals surface area contributed by atoms with Gasteiger partial charge >= 0.3 is 0 Å². The fourth-order valence-electron chi connectivity index (χ4n) is 1.30. The molecule has 1 aromatic carbocycles. The number of carbonyl (C=O) groups excluding carboxylic acids is 1. The van der Waals surface area contributed by atoms with E-state index in [-0.39, 0.29) is 11.9 Å². The number of ketones is 1. The molecule has 0 spiro atoms. The van der Waals surface area contributed by atoms with Crippen LogP contribution in [0.1, 0.15) is 26.7 Å². The molecule has 0 bridgehead atoms. The van der Waals surface area contributed by atoms with Gasteiger partial charge in [0.25, 0.3) is 0 Å². The summed E-state index contributed by atoms with van der Waals surface area (Å²) in [6.45, 7) is 3.61. The van der Waals surface area contributed by atoms with Gasteiger partial charge in [-0.25, -0.2) is 0 Å². The van der Waals surface area contributed by atoms with Crippen LogP contribution >= 0.6 is 15.9 Å². The van der Waals surface area contributed by atoms with Gasteiger partial charge in [-0.2, -0.15) is 0 Å². The van der Waals surface area contributed by atoms with Gasteiger partial charge in [0.2, 0.25) is 0 Å². The molecule has 1 rings (SSSR count). The number of rotatable bonds is 5. The largest absolute Gasteiger partial charge is 0.482 e. The fourth-order valence-corrected chi connectivity index (χ4v) is 1.68. The minimum atomic E-state index is -0.325. The van der Waals surface area contributed by atoms with Gasteiger partial charge in [0.05, 0.1) is 4.47 Å². The molecule has 0 saturated heterocycles. The zero-order valence-corrected chi connectivity index (χ0v) is 10.6. The lowest BCUT2D eigenvalue weighted by molar-refractivity contribution is -0.123. The Morgan fingerprint density at radius 2 is 2.13 bits per heavy atom. The lowest BCUT2D eigenvalue weighted by Crippen LogP contribution is -2.24. The van der Waals surface area contributed by atoms with Crippen molar-refractivity contribution in [3.63, 3.8) is 0 Å². The van der Waals surface area contributed by atoms with Crippen LogP contribution in [0.15, 0.2) is 28.7 Å². The maximum Gasteiger partial charge on any atom is 0.170 e. The first-order chi connectivity index (χ1) is 7.15. The molecule has 1 aromatic rings. The van der Waals surface area contributed by atoms with Gasteiger partial charge in [-0.15, -0.1) is 0 Å². The SMILES string of the molecule is CCCC(Oc1ccccc1Br)C(C)=O. The average molecular weight is 271 g/mol. The second kappa shape index (κ2) is 5.91. The third-order valence-electron chi connectivity index (χ3n) is 2.11. The fraction of sp³-hybridized carbons (Fsp3) is 0.417. The highest BCUT2D eigenvalue weighted by atomic mass is 79.9. The maximum absolute atomic E-state index is 11.3. The van der Waals surface area contributed by atoms with E-state index in [0.717, 1.165) is 23.1 Å². The van der Waals surface area contributed by atoms with Crippen LogP contribution in [0.5, 0.6) is 5.75 Å². The van der Waals surface area contributed by atoms with E-state index in [2.05, 4.69) is 15.9 Å². The van der Waals surface area contributed by atoms with Crippen LogP contribution in [-0.2, 0) is 4.79 Å². The molecule has 0 aliphatic carbocycles. The molecule has 0 aliphatic heterocycles. The first-order valence-electron chi connectivity index (χ1n) is 5.06. The van der Waals surface area contributed by atoms with Crippen molar-refractivity contribution in [3.05, 3.63) is 28.7 Å². The molecule has 3 heteroatoms. The number of carbonyl (C=O) groups is 1. The predicted octanol–water partition coefficient (Wildman–Crippen LogP) is 3.59. The van der Waals surface area contributed by atoms with Crippen LogP contribution in [0.3, 0.4) is 0 Å². The Balaban J connectivity index is 2.74. The first kappa shape index (κ1) is 12.2. The zero-order chi connectivity index (χ0) is 11.3. The van der Waals surface area contributed by atoms with E-state index in [1.54, 1.807) is 6.92 Å². The highest BCUT2D eigenvalue weighted by Crippen LogP contribution is 2.25. The minimum Gasteiger partial charge on any atom is -0.482 e. The lowest BCUT2D eigenvalue weighted by atomic mass is 10.1. The molecule has 0 aromatic heterocycles. The van der Waals surface area contributed by atoms with Crippen LogP contribution in [-0.4, -0.2) is 11.9 Å². The molecule has 0 saturated carbocycles. The Bertz CT molecular complexity index is 336. The van der Waals surface area contributed by atoms with Gasteiger partial charge in [0.15, 0.2) is 11.9 Å². The van der Waals surface area contributed by atoms with Crippen LogP contribution < -0.4 is 4.74 Å². The number of para-hydroxylation sites is 1.